The van der Waals surface area contributed by atoms with Gasteiger partial charge in [-0.25, -0.2) is 4.79 Å². The third-order valence-corrected chi connectivity index (χ3v) is 3.48. The second kappa shape index (κ2) is 9.22. The van der Waals surface area contributed by atoms with Crippen LogP contribution in [0.4, 0.5) is 0 Å². The highest BCUT2D eigenvalue weighted by Crippen LogP contribution is 2.20. The lowest BCUT2D eigenvalue weighted by molar-refractivity contribution is -0.166. The highest BCUT2D eigenvalue weighted by Gasteiger charge is 2.37. The van der Waals surface area contributed by atoms with Crippen molar-refractivity contribution in [3.05, 3.63) is 0 Å². The van der Waals surface area contributed by atoms with Gasteiger partial charge in [0.25, 0.3) is 0 Å². The Morgan fingerprint density at radius 2 is 1.61 bits per heavy atom. The van der Waals surface area contributed by atoms with Crippen LogP contribution in [0.3, 0.4) is 0 Å². The minimum Gasteiger partial charge on any atom is -0.481 e. The summed E-state index contributed by atoms with van der Waals surface area (Å²) in [6.45, 7) is 0. The van der Waals surface area contributed by atoms with Gasteiger partial charge in [-0.05, 0) is 31.3 Å². The first-order valence-corrected chi connectivity index (χ1v) is 7.48. The third kappa shape index (κ3) is 7.55. The van der Waals surface area contributed by atoms with Gasteiger partial charge in [-0.1, -0.05) is 19.3 Å². The molecule has 1 atom stereocenters. The average molecular weight is 278 g/mol. The highest BCUT2D eigenvalue weighted by atomic mass is 32.2. The van der Waals surface area contributed by atoms with Gasteiger partial charge in [0.1, 0.15) is 0 Å². The molecule has 0 saturated heterocycles. The van der Waals surface area contributed by atoms with E-state index < -0.39 is 24.0 Å². The van der Waals surface area contributed by atoms with E-state index in [0.29, 0.717) is 6.42 Å². The predicted octanol–water partition coefficient (Wildman–Crippen LogP) is 1.98. The minimum atomic E-state index is -2.12. The van der Waals surface area contributed by atoms with E-state index in [-0.39, 0.29) is 6.42 Å². The van der Waals surface area contributed by atoms with Crippen molar-refractivity contribution in [2.75, 3.05) is 12.0 Å². The molecule has 18 heavy (non-hydrogen) atoms. The maximum Gasteiger partial charge on any atom is 0.336 e. The summed E-state index contributed by atoms with van der Waals surface area (Å²) < 4.78 is 0. The van der Waals surface area contributed by atoms with Crippen LogP contribution in [-0.4, -0.2) is 44.9 Å². The van der Waals surface area contributed by atoms with Gasteiger partial charge in [-0.3, -0.25) is 4.79 Å². The molecule has 0 saturated carbocycles. The van der Waals surface area contributed by atoms with E-state index in [1.807, 2.05) is 0 Å². The zero-order valence-corrected chi connectivity index (χ0v) is 11.5. The fourth-order valence-electron chi connectivity index (χ4n) is 1.72. The molecule has 0 radical (unpaired) electrons. The Bertz CT molecular complexity index is 269. The number of aliphatic carboxylic acids is 2. The number of unbranched alkanes of at least 4 members (excludes halogenated alkanes) is 4. The largest absolute Gasteiger partial charge is 0.481 e. The number of carboxylic acid groups (broad SMARTS) is 2. The number of aliphatic hydroxyl groups is 1. The number of carbonyl (C=O) groups is 2. The van der Waals surface area contributed by atoms with Crippen molar-refractivity contribution in [1.82, 2.24) is 0 Å². The van der Waals surface area contributed by atoms with Crippen LogP contribution < -0.4 is 0 Å². The van der Waals surface area contributed by atoms with Crippen molar-refractivity contribution in [3.8, 4) is 0 Å². The molecule has 0 unspecified atom stereocenters. The van der Waals surface area contributed by atoms with Crippen molar-refractivity contribution in [2.24, 2.45) is 0 Å². The Kier molecular flexibility index (Phi) is 8.83. The Hall–Kier alpha value is -0.750. The van der Waals surface area contributed by atoms with Gasteiger partial charge in [-0.15, -0.1) is 0 Å². The Morgan fingerprint density at radius 1 is 1.06 bits per heavy atom. The molecule has 0 aromatic carbocycles. The van der Waals surface area contributed by atoms with Gasteiger partial charge in [0, 0.05) is 0 Å². The topological polar surface area (TPSA) is 94.8 Å². The van der Waals surface area contributed by atoms with E-state index in [4.69, 9.17) is 10.2 Å². The first-order chi connectivity index (χ1) is 8.42. The maximum absolute atomic E-state index is 10.8. The Morgan fingerprint density at radius 3 is 2.11 bits per heavy atom. The summed E-state index contributed by atoms with van der Waals surface area (Å²) in [5, 5.41) is 27.1. The summed E-state index contributed by atoms with van der Waals surface area (Å²) in [6.07, 6.45) is 5.89. The highest BCUT2D eigenvalue weighted by molar-refractivity contribution is 7.98. The van der Waals surface area contributed by atoms with Crippen molar-refractivity contribution in [1.29, 1.82) is 0 Å². The van der Waals surface area contributed by atoms with Crippen LogP contribution in [0.2, 0.25) is 0 Å². The molecule has 0 amide bonds. The molecule has 6 heteroatoms. The van der Waals surface area contributed by atoms with Crippen molar-refractivity contribution < 1.29 is 24.9 Å². The monoisotopic (exact) mass is 278 g/mol. The number of thioether (sulfide) groups is 1. The molecular formula is C12H22O5S. The number of rotatable bonds is 11. The van der Waals surface area contributed by atoms with Gasteiger partial charge in [0.2, 0.25) is 0 Å². The summed E-state index contributed by atoms with van der Waals surface area (Å²) in [6, 6.07) is 0. The van der Waals surface area contributed by atoms with E-state index in [2.05, 4.69) is 6.26 Å². The third-order valence-electron chi connectivity index (χ3n) is 2.78. The molecule has 106 valence electrons. The summed E-state index contributed by atoms with van der Waals surface area (Å²) in [5.41, 5.74) is -2.12. The maximum atomic E-state index is 10.8. The van der Waals surface area contributed by atoms with E-state index in [0.717, 1.165) is 31.4 Å². The summed E-state index contributed by atoms with van der Waals surface area (Å²) in [7, 11) is 0. The minimum absolute atomic E-state index is 0.00282. The molecule has 5 nitrogen and oxygen atoms in total. The summed E-state index contributed by atoms with van der Waals surface area (Å²) >= 11 is 1.80. The normalized spacial score (nSPS) is 14.1. The molecule has 0 spiro atoms. The van der Waals surface area contributed by atoms with Crippen LogP contribution in [0, 0.1) is 0 Å². The molecule has 0 fully saturated rings. The summed E-state index contributed by atoms with van der Waals surface area (Å²) in [4.78, 5) is 21.3. The van der Waals surface area contributed by atoms with Crippen LogP contribution in [0.15, 0.2) is 0 Å². The van der Waals surface area contributed by atoms with Crippen molar-refractivity contribution in [2.45, 2.75) is 50.5 Å². The molecule has 0 bridgehead atoms. The Balaban J connectivity index is 3.84. The number of hydrogen-bond acceptors (Lipinski definition) is 4. The van der Waals surface area contributed by atoms with E-state index >= 15 is 0 Å². The van der Waals surface area contributed by atoms with Gasteiger partial charge in [0.05, 0.1) is 6.42 Å². The molecule has 0 aliphatic heterocycles. The molecule has 0 heterocycles. The van der Waals surface area contributed by atoms with Crippen molar-refractivity contribution >= 4 is 23.7 Å². The van der Waals surface area contributed by atoms with Gasteiger partial charge in [0.15, 0.2) is 5.60 Å². The van der Waals surface area contributed by atoms with Crippen LogP contribution in [0.25, 0.3) is 0 Å². The number of hydrogen-bond donors (Lipinski definition) is 3. The average Bonchev–Trinajstić information content (AvgIpc) is 2.26. The molecule has 0 rings (SSSR count). The standard InChI is InChI=1S/C12H22O5S/c1-18-8-6-4-2-3-5-7-12(17,11(15)16)9-10(13)14/h17H,2-9H2,1H3,(H,13,14)(H,15,16)/t12-/m0/s1. The fourth-order valence-corrected chi connectivity index (χ4v) is 2.21. The smallest absolute Gasteiger partial charge is 0.336 e. The summed E-state index contributed by atoms with van der Waals surface area (Å²) in [5.74, 6) is -1.62. The molecule has 0 aliphatic carbocycles. The second-order valence-corrected chi connectivity index (χ2v) is 5.40. The van der Waals surface area contributed by atoms with Crippen LogP contribution in [0.1, 0.15) is 44.9 Å². The molecule has 0 aromatic rings. The SMILES string of the molecule is CSCCCCCCC[C@](O)(CC(=O)O)C(=O)O. The quantitative estimate of drug-likeness (QED) is 0.500. The zero-order chi connectivity index (χ0) is 14.0. The van der Waals surface area contributed by atoms with E-state index in [9.17, 15) is 14.7 Å². The van der Waals surface area contributed by atoms with Gasteiger partial charge in [-0.2, -0.15) is 11.8 Å². The van der Waals surface area contributed by atoms with Crippen LogP contribution in [-0.2, 0) is 9.59 Å². The molecule has 3 N–H and O–H groups in total. The molecular weight excluding hydrogens is 256 g/mol. The zero-order valence-electron chi connectivity index (χ0n) is 10.7. The molecule has 0 aromatic heterocycles. The molecule has 0 aliphatic rings. The van der Waals surface area contributed by atoms with Crippen LogP contribution in [0.5, 0.6) is 0 Å². The lowest BCUT2D eigenvalue weighted by Gasteiger charge is -2.21. The Labute approximate surface area is 112 Å². The lowest BCUT2D eigenvalue weighted by atomic mass is 9.92. The van der Waals surface area contributed by atoms with Gasteiger partial charge >= 0.3 is 11.9 Å². The fraction of sp³-hybridized carbons (Fsp3) is 0.833. The number of carboxylic acids is 2. The van der Waals surface area contributed by atoms with E-state index in [1.165, 1.54) is 0 Å². The van der Waals surface area contributed by atoms with Gasteiger partial charge < -0.3 is 15.3 Å². The predicted molar refractivity (Wildman–Crippen MR) is 70.9 cm³/mol. The van der Waals surface area contributed by atoms with Crippen molar-refractivity contribution in [3.63, 3.8) is 0 Å². The first kappa shape index (κ1) is 17.2. The second-order valence-electron chi connectivity index (χ2n) is 4.42. The lowest BCUT2D eigenvalue weighted by Crippen LogP contribution is -2.40. The van der Waals surface area contributed by atoms with E-state index in [1.54, 1.807) is 11.8 Å². The first-order valence-electron chi connectivity index (χ1n) is 6.09. The van der Waals surface area contributed by atoms with Crippen LogP contribution >= 0.6 is 11.8 Å².